The van der Waals surface area contributed by atoms with Gasteiger partial charge in [-0.1, -0.05) is 12.1 Å². The van der Waals surface area contributed by atoms with Crippen LogP contribution in [-0.2, 0) is 18.0 Å². The van der Waals surface area contributed by atoms with Gasteiger partial charge in [0.2, 0.25) is 0 Å². The Morgan fingerprint density at radius 3 is 2.40 bits per heavy atom. The van der Waals surface area contributed by atoms with Gasteiger partial charge in [0.1, 0.15) is 11.6 Å². The summed E-state index contributed by atoms with van der Waals surface area (Å²) in [6.45, 7) is 3.04. The number of ether oxygens (including phenoxy) is 1. The Bertz CT molecular complexity index is 1780. The van der Waals surface area contributed by atoms with Gasteiger partial charge < -0.3 is 15.1 Å². The summed E-state index contributed by atoms with van der Waals surface area (Å²) in [5.41, 5.74) is -2.27. The predicted molar refractivity (Wildman–Crippen MR) is 146 cm³/mol. The summed E-state index contributed by atoms with van der Waals surface area (Å²) in [6.07, 6.45) is 1.62. The largest absolute Gasteiger partial charge is 0.419 e. The smallest absolute Gasteiger partial charge is 0.378 e. The monoisotopic (exact) mass is 585 g/mol. The van der Waals surface area contributed by atoms with Crippen molar-refractivity contribution >= 4 is 16.6 Å². The Hall–Kier alpha value is -4.33. The summed E-state index contributed by atoms with van der Waals surface area (Å²) in [7, 11) is 1.40. The van der Waals surface area contributed by atoms with Gasteiger partial charge in [0.05, 0.1) is 54.2 Å². The van der Waals surface area contributed by atoms with Crippen LogP contribution in [0.2, 0.25) is 0 Å². The van der Waals surface area contributed by atoms with E-state index in [4.69, 9.17) is 4.74 Å². The molecule has 10 nitrogen and oxygen atoms in total. The number of nitrogens with one attached hydrogen (secondary N) is 1. The highest BCUT2D eigenvalue weighted by molar-refractivity contribution is 6.00. The third-order valence-corrected chi connectivity index (χ3v) is 7.55. The van der Waals surface area contributed by atoms with E-state index in [1.54, 1.807) is 5.01 Å². The zero-order valence-corrected chi connectivity index (χ0v) is 22.8. The molecule has 0 bridgehead atoms. The van der Waals surface area contributed by atoms with Crippen molar-refractivity contribution in [3.05, 3.63) is 80.3 Å². The van der Waals surface area contributed by atoms with E-state index in [-0.39, 0.29) is 33.6 Å². The quantitative estimate of drug-likeness (QED) is 0.342. The lowest BCUT2D eigenvalue weighted by atomic mass is 10.0. The van der Waals surface area contributed by atoms with Crippen LogP contribution in [0.5, 0.6) is 0 Å². The minimum atomic E-state index is -4.87. The molecule has 0 unspecified atom stereocenters. The van der Waals surface area contributed by atoms with E-state index < -0.39 is 34.7 Å². The van der Waals surface area contributed by atoms with Crippen molar-refractivity contribution in [3.8, 4) is 11.1 Å². The first kappa shape index (κ1) is 27.8. The van der Waals surface area contributed by atoms with Gasteiger partial charge in [-0.15, -0.1) is 0 Å². The molecule has 4 heterocycles. The first-order valence-electron chi connectivity index (χ1n) is 13.5. The average molecular weight is 586 g/mol. The van der Waals surface area contributed by atoms with Crippen LogP contribution in [-0.4, -0.2) is 50.7 Å². The fourth-order valence-electron chi connectivity index (χ4n) is 5.17. The molecular weight excluding hydrogens is 558 g/mol. The lowest BCUT2D eigenvalue weighted by Gasteiger charge is -2.31. The topological polar surface area (TPSA) is 107 Å². The van der Waals surface area contributed by atoms with Gasteiger partial charge in [-0.25, -0.2) is 23.7 Å². The van der Waals surface area contributed by atoms with Crippen LogP contribution in [0.1, 0.15) is 48.7 Å². The second-order valence-electron chi connectivity index (χ2n) is 10.5. The van der Waals surface area contributed by atoms with Gasteiger partial charge >= 0.3 is 6.18 Å². The number of aryl methyl sites for hydroxylation is 1. The van der Waals surface area contributed by atoms with Crippen molar-refractivity contribution in [3.63, 3.8) is 0 Å². The SMILES string of the molecule is C[C@@H](Nc1nn(C)c(=O)c2c(-c3cnc(C4CC4)nc3)c(=O)n(N3CCOCC3)cc12)c1cccc(C(F)(F)F)c1F. The molecule has 0 amide bonds. The lowest BCUT2D eigenvalue weighted by molar-refractivity contribution is -0.140. The molecule has 1 aromatic carbocycles. The minimum absolute atomic E-state index is 0.0315. The molecule has 1 aliphatic heterocycles. The Labute approximate surface area is 236 Å². The van der Waals surface area contributed by atoms with Crippen LogP contribution in [0.15, 0.2) is 46.4 Å². The number of hydrogen-bond acceptors (Lipinski definition) is 8. The Morgan fingerprint density at radius 1 is 1.07 bits per heavy atom. The van der Waals surface area contributed by atoms with Crippen LogP contribution >= 0.6 is 0 Å². The number of hydrogen-bond donors (Lipinski definition) is 1. The fraction of sp³-hybridized carbons (Fsp3) is 0.393. The van der Waals surface area contributed by atoms with Gasteiger partial charge in [-0.05, 0) is 25.8 Å². The van der Waals surface area contributed by atoms with Crippen LogP contribution in [0.25, 0.3) is 21.9 Å². The predicted octanol–water partition coefficient (Wildman–Crippen LogP) is 3.73. The Kier molecular flexibility index (Phi) is 6.95. The van der Waals surface area contributed by atoms with E-state index in [9.17, 15) is 22.8 Å². The maximum atomic E-state index is 15.0. The number of halogens is 4. The molecule has 1 aliphatic carbocycles. The molecule has 1 saturated carbocycles. The second-order valence-corrected chi connectivity index (χ2v) is 10.5. The van der Waals surface area contributed by atoms with Gasteiger partial charge in [0.15, 0.2) is 5.82 Å². The summed E-state index contributed by atoms with van der Waals surface area (Å²) in [5, 5.41) is 9.33. The third-order valence-electron chi connectivity index (χ3n) is 7.55. The zero-order valence-electron chi connectivity index (χ0n) is 22.8. The molecule has 1 N–H and O–H groups in total. The number of rotatable bonds is 6. The molecule has 0 spiro atoms. The molecule has 42 heavy (non-hydrogen) atoms. The van der Waals surface area contributed by atoms with Crippen molar-refractivity contribution < 1.29 is 22.3 Å². The molecule has 1 saturated heterocycles. The number of nitrogens with zero attached hydrogens (tertiary/aromatic N) is 6. The average Bonchev–Trinajstić information content (AvgIpc) is 3.81. The first-order chi connectivity index (χ1) is 20.0. The number of morpholine rings is 1. The molecule has 6 rings (SSSR count). The number of alkyl halides is 3. The minimum Gasteiger partial charge on any atom is -0.378 e. The Balaban J connectivity index is 1.54. The molecule has 1 atom stereocenters. The standard InChI is InChI=1S/C28H27F4N7O3/c1-15(18-4-3-5-20(23(18)29)28(30,31)32)35-25-19-14-39(38-8-10-42-11-9-38)27(41)21(22(19)26(40)37(2)36-25)17-12-33-24(34-13-17)16-6-7-16/h3-5,12-16H,6-11H2,1-2H3,(H,35,36)/t15-/m1/s1. The van der Waals surface area contributed by atoms with Gasteiger partial charge in [-0.2, -0.15) is 18.3 Å². The van der Waals surface area contributed by atoms with E-state index in [2.05, 4.69) is 20.4 Å². The summed E-state index contributed by atoms with van der Waals surface area (Å²) in [5.74, 6) is -0.378. The summed E-state index contributed by atoms with van der Waals surface area (Å²) in [4.78, 5) is 36.4. The summed E-state index contributed by atoms with van der Waals surface area (Å²) >= 11 is 0. The van der Waals surface area contributed by atoms with Crippen LogP contribution in [0.3, 0.4) is 0 Å². The van der Waals surface area contributed by atoms with Gasteiger partial charge in [0.25, 0.3) is 11.1 Å². The van der Waals surface area contributed by atoms with Gasteiger partial charge in [0, 0.05) is 42.7 Å². The lowest BCUT2D eigenvalue weighted by Crippen LogP contribution is -2.49. The normalized spacial score (nSPS) is 16.6. The van der Waals surface area contributed by atoms with E-state index in [0.29, 0.717) is 43.8 Å². The Morgan fingerprint density at radius 2 is 1.76 bits per heavy atom. The highest BCUT2D eigenvalue weighted by atomic mass is 19.4. The number of aromatic nitrogens is 5. The number of fused-ring (bicyclic) bond motifs is 1. The number of anilines is 1. The highest BCUT2D eigenvalue weighted by Crippen LogP contribution is 2.38. The van der Waals surface area contributed by atoms with E-state index >= 15 is 4.39 Å². The highest BCUT2D eigenvalue weighted by Gasteiger charge is 2.35. The van der Waals surface area contributed by atoms with Crippen LogP contribution in [0.4, 0.5) is 23.4 Å². The van der Waals surface area contributed by atoms with Crippen molar-refractivity contribution in [2.75, 3.05) is 36.6 Å². The molecule has 220 valence electrons. The number of pyridine rings is 1. The summed E-state index contributed by atoms with van der Waals surface area (Å²) in [6, 6.07) is 2.06. The van der Waals surface area contributed by atoms with Crippen molar-refractivity contribution in [1.82, 2.24) is 24.4 Å². The van der Waals surface area contributed by atoms with E-state index in [1.165, 1.54) is 43.3 Å². The molecule has 0 radical (unpaired) electrons. The zero-order chi connectivity index (χ0) is 29.8. The molecule has 4 aromatic rings. The van der Waals surface area contributed by atoms with Crippen molar-refractivity contribution in [2.45, 2.75) is 37.9 Å². The van der Waals surface area contributed by atoms with Crippen LogP contribution < -0.4 is 21.4 Å². The van der Waals surface area contributed by atoms with E-state index in [0.717, 1.165) is 23.6 Å². The summed E-state index contributed by atoms with van der Waals surface area (Å²) < 4.78 is 63.0. The third kappa shape index (κ3) is 4.99. The second kappa shape index (κ2) is 10.5. The molecule has 14 heteroatoms. The van der Waals surface area contributed by atoms with E-state index in [1.807, 2.05) is 0 Å². The molecular formula is C28H27F4N7O3. The maximum Gasteiger partial charge on any atom is 0.419 e. The van der Waals surface area contributed by atoms with Crippen molar-refractivity contribution in [1.29, 1.82) is 0 Å². The fourth-order valence-corrected chi connectivity index (χ4v) is 5.17. The molecule has 2 aliphatic rings. The molecule has 3 aromatic heterocycles. The van der Waals surface area contributed by atoms with Gasteiger partial charge in [-0.3, -0.25) is 9.59 Å². The van der Waals surface area contributed by atoms with Crippen molar-refractivity contribution in [2.24, 2.45) is 7.05 Å². The molecule has 2 fully saturated rings. The maximum absolute atomic E-state index is 15.0. The first-order valence-corrected chi connectivity index (χ1v) is 13.5. The van der Waals surface area contributed by atoms with Crippen LogP contribution in [0, 0.1) is 5.82 Å². The number of benzene rings is 1.